The first-order valence-corrected chi connectivity index (χ1v) is 5.07. The fraction of sp³-hybridized carbons (Fsp3) is 0.167. The maximum Gasteiger partial charge on any atom is 0.110 e. The molecule has 0 fully saturated rings. The van der Waals surface area contributed by atoms with Crippen molar-refractivity contribution in [2.45, 2.75) is 13.8 Å². The highest BCUT2D eigenvalue weighted by atomic mass is 15.3. The smallest absolute Gasteiger partial charge is 0.110 e. The normalized spacial score (nSPS) is 18.4. The predicted molar refractivity (Wildman–Crippen MR) is 63.9 cm³/mol. The van der Waals surface area contributed by atoms with E-state index in [0.717, 1.165) is 17.0 Å². The van der Waals surface area contributed by atoms with Crippen LogP contribution in [-0.2, 0) is 0 Å². The second-order valence-electron chi connectivity index (χ2n) is 3.66. The molecule has 1 aromatic heterocycles. The first-order valence-electron chi connectivity index (χ1n) is 5.07. The maximum atomic E-state index is 4.07. The molecule has 1 aliphatic heterocycles. The van der Waals surface area contributed by atoms with Crippen LogP contribution in [-0.4, -0.2) is 20.3 Å². The molecule has 2 rings (SSSR count). The van der Waals surface area contributed by atoms with Crippen LogP contribution in [0.1, 0.15) is 19.5 Å². The van der Waals surface area contributed by atoms with Crippen LogP contribution in [0.3, 0.4) is 0 Å². The third kappa shape index (κ3) is 1.82. The van der Waals surface area contributed by atoms with Crippen molar-refractivity contribution in [1.29, 1.82) is 0 Å². The maximum absolute atomic E-state index is 4.07. The molecular formula is C12H14N4. The molecule has 0 saturated carbocycles. The fourth-order valence-corrected chi connectivity index (χ4v) is 1.61. The van der Waals surface area contributed by atoms with Crippen molar-refractivity contribution in [3.63, 3.8) is 0 Å². The van der Waals surface area contributed by atoms with Crippen LogP contribution >= 0.6 is 0 Å². The Morgan fingerprint density at radius 2 is 2.31 bits per heavy atom. The standard InChI is InChI=1S/C12H14N4/c1-4-16-8-9(2)5-6-12(16)10(3)11-7-13-15-14-11/h4-8H,1H2,2-3H3,(H,13,14,15)/b12-10+. The zero-order valence-electron chi connectivity index (χ0n) is 9.44. The van der Waals surface area contributed by atoms with Gasteiger partial charge in [0.2, 0.25) is 0 Å². The van der Waals surface area contributed by atoms with Crippen molar-refractivity contribution in [3.05, 3.63) is 54.3 Å². The van der Waals surface area contributed by atoms with Gasteiger partial charge in [-0.25, -0.2) is 0 Å². The van der Waals surface area contributed by atoms with E-state index in [1.165, 1.54) is 5.57 Å². The molecule has 1 aromatic rings. The molecule has 0 amide bonds. The SMILES string of the molecule is C=CN1C=C(C)C=C/C1=C(/C)c1cn[nH]n1. The highest BCUT2D eigenvalue weighted by Crippen LogP contribution is 2.24. The van der Waals surface area contributed by atoms with Crippen LogP contribution in [0.4, 0.5) is 0 Å². The Morgan fingerprint density at radius 1 is 1.50 bits per heavy atom. The van der Waals surface area contributed by atoms with Gasteiger partial charge in [-0.2, -0.15) is 15.4 Å². The lowest BCUT2D eigenvalue weighted by Gasteiger charge is -2.22. The summed E-state index contributed by atoms with van der Waals surface area (Å²) in [5.41, 5.74) is 4.17. The van der Waals surface area contributed by atoms with E-state index in [2.05, 4.69) is 41.1 Å². The van der Waals surface area contributed by atoms with E-state index in [4.69, 9.17) is 0 Å². The molecular weight excluding hydrogens is 200 g/mol. The summed E-state index contributed by atoms with van der Waals surface area (Å²) in [6.07, 6.45) is 9.65. The number of nitrogens with one attached hydrogen (secondary N) is 1. The van der Waals surface area contributed by atoms with Gasteiger partial charge in [0.15, 0.2) is 0 Å². The summed E-state index contributed by atoms with van der Waals surface area (Å²) in [5.74, 6) is 0. The lowest BCUT2D eigenvalue weighted by molar-refractivity contribution is 0.642. The Hall–Kier alpha value is -2.10. The molecule has 0 aliphatic carbocycles. The van der Waals surface area contributed by atoms with Gasteiger partial charge in [0, 0.05) is 18.0 Å². The van der Waals surface area contributed by atoms with Gasteiger partial charge in [0.25, 0.3) is 0 Å². The van der Waals surface area contributed by atoms with Gasteiger partial charge in [-0.3, -0.25) is 0 Å². The second-order valence-corrected chi connectivity index (χ2v) is 3.66. The third-order valence-electron chi connectivity index (χ3n) is 2.51. The van der Waals surface area contributed by atoms with Gasteiger partial charge in [-0.05, 0) is 25.5 Å². The topological polar surface area (TPSA) is 44.8 Å². The zero-order valence-corrected chi connectivity index (χ0v) is 9.44. The summed E-state index contributed by atoms with van der Waals surface area (Å²) < 4.78 is 0. The van der Waals surface area contributed by atoms with Crippen LogP contribution in [0.2, 0.25) is 0 Å². The Morgan fingerprint density at radius 3 is 2.94 bits per heavy atom. The van der Waals surface area contributed by atoms with Crippen molar-refractivity contribution < 1.29 is 0 Å². The molecule has 4 heteroatoms. The molecule has 0 bridgehead atoms. The van der Waals surface area contributed by atoms with Gasteiger partial charge >= 0.3 is 0 Å². The lowest BCUT2D eigenvalue weighted by atomic mass is 10.1. The Bertz CT molecular complexity index is 477. The average molecular weight is 214 g/mol. The summed E-state index contributed by atoms with van der Waals surface area (Å²) in [5, 5.41) is 10.5. The van der Waals surface area contributed by atoms with Crippen molar-refractivity contribution >= 4 is 5.57 Å². The van der Waals surface area contributed by atoms with Crippen molar-refractivity contribution in [2.24, 2.45) is 0 Å². The molecule has 82 valence electrons. The first kappa shape index (κ1) is 10.4. The number of nitrogens with zero attached hydrogens (tertiary/aromatic N) is 3. The highest BCUT2D eigenvalue weighted by Gasteiger charge is 2.11. The molecule has 16 heavy (non-hydrogen) atoms. The fourth-order valence-electron chi connectivity index (χ4n) is 1.61. The Balaban J connectivity index is 2.44. The van der Waals surface area contributed by atoms with Crippen LogP contribution in [0.5, 0.6) is 0 Å². The summed E-state index contributed by atoms with van der Waals surface area (Å²) in [6, 6.07) is 0. The van der Waals surface area contributed by atoms with Gasteiger partial charge in [-0.15, -0.1) is 0 Å². The molecule has 1 aliphatic rings. The number of hydrogen-bond acceptors (Lipinski definition) is 3. The number of H-pyrrole nitrogens is 1. The van der Waals surface area contributed by atoms with E-state index in [0.29, 0.717) is 0 Å². The van der Waals surface area contributed by atoms with E-state index in [-0.39, 0.29) is 0 Å². The minimum absolute atomic E-state index is 0.847. The highest BCUT2D eigenvalue weighted by molar-refractivity contribution is 5.66. The van der Waals surface area contributed by atoms with Gasteiger partial charge in [0.05, 0.1) is 11.9 Å². The van der Waals surface area contributed by atoms with Gasteiger partial charge in [-0.1, -0.05) is 12.7 Å². The minimum atomic E-state index is 0.847. The molecule has 0 aromatic carbocycles. The number of aromatic amines is 1. The zero-order chi connectivity index (χ0) is 11.5. The third-order valence-corrected chi connectivity index (χ3v) is 2.51. The van der Waals surface area contributed by atoms with E-state index in [1.807, 2.05) is 18.0 Å². The first-order chi connectivity index (χ1) is 7.72. The predicted octanol–water partition coefficient (Wildman–Crippen LogP) is 2.45. The molecule has 0 unspecified atom stereocenters. The average Bonchev–Trinajstić information content (AvgIpc) is 2.81. The molecule has 1 N–H and O–H groups in total. The second kappa shape index (κ2) is 4.18. The van der Waals surface area contributed by atoms with E-state index in [9.17, 15) is 0 Å². The van der Waals surface area contributed by atoms with Crippen molar-refractivity contribution in [2.75, 3.05) is 0 Å². The minimum Gasteiger partial charge on any atom is -0.324 e. The van der Waals surface area contributed by atoms with Crippen molar-refractivity contribution in [3.8, 4) is 0 Å². The summed E-state index contributed by atoms with van der Waals surface area (Å²) in [7, 11) is 0. The molecule has 0 radical (unpaired) electrons. The van der Waals surface area contributed by atoms with E-state index in [1.54, 1.807) is 12.4 Å². The number of allylic oxidation sites excluding steroid dienone is 4. The van der Waals surface area contributed by atoms with Crippen LogP contribution in [0.25, 0.3) is 5.57 Å². The van der Waals surface area contributed by atoms with Gasteiger partial charge in [0.1, 0.15) is 5.69 Å². The summed E-state index contributed by atoms with van der Waals surface area (Å²) in [4.78, 5) is 1.99. The van der Waals surface area contributed by atoms with E-state index < -0.39 is 0 Å². The van der Waals surface area contributed by atoms with E-state index >= 15 is 0 Å². The quantitative estimate of drug-likeness (QED) is 0.822. The largest absolute Gasteiger partial charge is 0.324 e. The van der Waals surface area contributed by atoms with Crippen LogP contribution in [0.15, 0.2) is 48.6 Å². The molecule has 0 atom stereocenters. The Kier molecular flexibility index (Phi) is 2.72. The Labute approximate surface area is 94.7 Å². The molecule has 2 heterocycles. The summed E-state index contributed by atoms with van der Waals surface area (Å²) in [6.45, 7) is 7.87. The summed E-state index contributed by atoms with van der Waals surface area (Å²) >= 11 is 0. The van der Waals surface area contributed by atoms with Gasteiger partial charge < -0.3 is 4.90 Å². The molecule has 0 spiro atoms. The molecule has 0 saturated heterocycles. The monoisotopic (exact) mass is 214 g/mol. The van der Waals surface area contributed by atoms with Crippen LogP contribution in [0, 0.1) is 0 Å². The lowest BCUT2D eigenvalue weighted by Crippen LogP contribution is -2.12. The van der Waals surface area contributed by atoms with Crippen molar-refractivity contribution in [1.82, 2.24) is 20.3 Å². The molecule has 4 nitrogen and oxygen atoms in total. The number of rotatable bonds is 2. The van der Waals surface area contributed by atoms with Crippen LogP contribution < -0.4 is 0 Å². The number of aromatic nitrogens is 3. The number of hydrogen-bond donors (Lipinski definition) is 1.